The van der Waals surface area contributed by atoms with Crippen LogP contribution < -0.4 is 5.73 Å². The number of benzene rings is 1. The van der Waals surface area contributed by atoms with Crippen molar-refractivity contribution in [2.24, 2.45) is 5.73 Å². The van der Waals surface area contributed by atoms with Crippen molar-refractivity contribution in [3.63, 3.8) is 0 Å². The second-order valence-corrected chi connectivity index (χ2v) is 2.57. The molecule has 0 radical (unpaired) electrons. The molecule has 0 bridgehead atoms. The van der Waals surface area contributed by atoms with E-state index in [9.17, 15) is 13.2 Å². The van der Waals surface area contributed by atoms with E-state index in [0.717, 1.165) is 18.2 Å². The Morgan fingerprint density at radius 3 is 2.29 bits per heavy atom. The SMILES string of the molecule is Cl.N[C@@H](c1ccc(O)cc1F)C(F)F. The van der Waals surface area contributed by atoms with E-state index in [4.69, 9.17) is 10.8 Å². The largest absolute Gasteiger partial charge is 0.508 e. The number of hydrogen-bond acceptors (Lipinski definition) is 2. The lowest BCUT2D eigenvalue weighted by Crippen LogP contribution is -2.20. The number of nitrogens with two attached hydrogens (primary N) is 1. The lowest BCUT2D eigenvalue weighted by molar-refractivity contribution is 0.114. The first kappa shape index (κ1) is 13.1. The fraction of sp³-hybridized carbons (Fsp3) is 0.250. The monoisotopic (exact) mass is 227 g/mol. The molecule has 0 aliphatic rings. The van der Waals surface area contributed by atoms with Gasteiger partial charge in [-0.1, -0.05) is 6.07 Å². The third-order valence-electron chi connectivity index (χ3n) is 1.61. The van der Waals surface area contributed by atoms with Crippen LogP contribution in [0, 0.1) is 5.82 Å². The Morgan fingerprint density at radius 2 is 1.86 bits per heavy atom. The summed E-state index contributed by atoms with van der Waals surface area (Å²) in [5.74, 6) is -1.24. The van der Waals surface area contributed by atoms with Crippen LogP contribution in [-0.2, 0) is 0 Å². The van der Waals surface area contributed by atoms with Crippen LogP contribution in [0.1, 0.15) is 11.6 Å². The van der Waals surface area contributed by atoms with E-state index in [0.29, 0.717) is 0 Å². The van der Waals surface area contributed by atoms with Gasteiger partial charge in [0.2, 0.25) is 0 Å². The molecule has 0 saturated heterocycles. The van der Waals surface area contributed by atoms with Crippen LogP contribution in [0.2, 0.25) is 0 Å². The highest BCUT2D eigenvalue weighted by atomic mass is 35.5. The topological polar surface area (TPSA) is 46.2 Å². The van der Waals surface area contributed by atoms with E-state index in [1.807, 2.05) is 0 Å². The van der Waals surface area contributed by atoms with Crippen LogP contribution >= 0.6 is 12.4 Å². The molecule has 0 fully saturated rings. The van der Waals surface area contributed by atoms with Gasteiger partial charge in [-0.3, -0.25) is 0 Å². The second kappa shape index (κ2) is 5.07. The Hall–Kier alpha value is -0.940. The molecule has 0 amide bonds. The molecule has 1 aromatic carbocycles. The number of halogens is 4. The van der Waals surface area contributed by atoms with Gasteiger partial charge in [0.05, 0.1) is 6.04 Å². The van der Waals surface area contributed by atoms with Gasteiger partial charge in [0.25, 0.3) is 6.43 Å². The van der Waals surface area contributed by atoms with Gasteiger partial charge < -0.3 is 10.8 Å². The first-order valence-corrected chi connectivity index (χ1v) is 3.54. The van der Waals surface area contributed by atoms with Gasteiger partial charge >= 0.3 is 0 Å². The second-order valence-electron chi connectivity index (χ2n) is 2.57. The van der Waals surface area contributed by atoms with E-state index in [-0.39, 0.29) is 23.7 Å². The number of hydrogen-bond donors (Lipinski definition) is 2. The molecule has 0 unspecified atom stereocenters. The molecule has 1 aromatic rings. The van der Waals surface area contributed by atoms with Crippen molar-refractivity contribution < 1.29 is 18.3 Å². The zero-order valence-corrected chi connectivity index (χ0v) is 7.77. The van der Waals surface area contributed by atoms with Crippen LogP contribution in [-0.4, -0.2) is 11.5 Å². The third kappa shape index (κ3) is 2.78. The Balaban J connectivity index is 0.00000169. The number of rotatable bonds is 2. The molecule has 0 spiro atoms. The fourth-order valence-corrected chi connectivity index (χ4v) is 0.922. The summed E-state index contributed by atoms with van der Waals surface area (Å²) >= 11 is 0. The van der Waals surface area contributed by atoms with Gasteiger partial charge in [-0.05, 0) is 6.07 Å². The molecule has 2 nitrogen and oxygen atoms in total. The molecule has 1 rings (SSSR count). The summed E-state index contributed by atoms with van der Waals surface area (Å²) in [4.78, 5) is 0. The zero-order valence-electron chi connectivity index (χ0n) is 6.95. The minimum atomic E-state index is -2.82. The minimum absolute atomic E-state index is 0. The number of phenols is 1. The molecule has 6 heteroatoms. The molecule has 0 aliphatic carbocycles. The zero-order chi connectivity index (χ0) is 10.0. The normalized spacial score (nSPS) is 12.4. The van der Waals surface area contributed by atoms with Crippen LogP contribution in [0.5, 0.6) is 5.75 Å². The summed E-state index contributed by atoms with van der Waals surface area (Å²) in [6, 6.07) is 1.25. The first-order chi connectivity index (χ1) is 6.02. The fourth-order valence-electron chi connectivity index (χ4n) is 0.922. The molecule has 0 saturated carbocycles. The molecule has 0 heterocycles. The number of alkyl halides is 2. The Morgan fingerprint density at radius 1 is 1.29 bits per heavy atom. The van der Waals surface area contributed by atoms with Crippen molar-refractivity contribution in [3.8, 4) is 5.75 Å². The van der Waals surface area contributed by atoms with Crippen molar-refractivity contribution in [1.29, 1.82) is 0 Å². The Bertz CT molecular complexity index is 309. The maximum absolute atomic E-state index is 12.9. The van der Waals surface area contributed by atoms with Crippen molar-refractivity contribution in [2.45, 2.75) is 12.5 Å². The van der Waals surface area contributed by atoms with Gasteiger partial charge in [0.1, 0.15) is 11.6 Å². The van der Waals surface area contributed by atoms with Gasteiger partial charge in [-0.2, -0.15) is 0 Å². The van der Waals surface area contributed by atoms with Crippen LogP contribution in [0.15, 0.2) is 18.2 Å². The van der Waals surface area contributed by atoms with Gasteiger partial charge in [0, 0.05) is 11.6 Å². The highest BCUT2D eigenvalue weighted by molar-refractivity contribution is 5.85. The molecule has 3 N–H and O–H groups in total. The van der Waals surface area contributed by atoms with Crippen molar-refractivity contribution >= 4 is 12.4 Å². The molecule has 80 valence electrons. The van der Waals surface area contributed by atoms with Crippen LogP contribution in [0.4, 0.5) is 13.2 Å². The summed E-state index contributed by atoms with van der Waals surface area (Å²) in [5, 5.41) is 8.79. The third-order valence-corrected chi connectivity index (χ3v) is 1.61. The lowest BCUT2D eigenvalue weighted by Gasteiger charge is -2.11. The molecular weight excluding hydrogens is 219 g/mol. The smallest absolute Gasteiger partial charge is 0.257 e. The Labute approximate surface area is 84.9 Å². The first-order valence-electron chi connectivity index (χ1n) is 3.54. The summed E-state index contributed by atoms with van der Waals surface area (Å²) in [6.07, 6.45) is -2.82. The molecular formula is C8H9ClF3NO. The van der Waals surface area contributed by atoms with E-state index in [1.165, 1.54) is 0 Å². The molecule has 0 aromatic heterocycles. The quantitative estimate of drug-likeness (QED) is 0.814. The predicted octanol–water partition coefficient (Wildman–Crippen LogP) is 2.22. The summed E-state index contributed by atoms with van der Waals surface area (Å²) < 4.78 is 37.0. The van der Waals surface area contributed by atoms with E-state index in [1.54, 1.807) is 0 Å². The van der Waals surface area contributed by atoms with Crippen LogP contribution in [0.3, 0.4) is 0 Å². The highest BCUT2D eigenvalue weighted by Gasteiger charge is 2.20. The van der Waals surface area contributed by atoms with Gasteiger partial charge in [-0.25, -0.2) is 13.2 Å². The summed E-state index contributed by atoms with van der Waals surface area (Å²) in [7, 11) is 0. The van der Waals surface area contributed by atoms with Crippen molar-refractivity contribution in [2.75, 3.05) is 0 Å². The lowest BCUT2D eigenvalue weighted by atomic mass is 10.1. The molecule has 1 atom stereocenters. The molecule has 14 heavy (non-hydrogen) atoms. The van der Waals surface area contributed by atoms with E-state index in [2.05, 4.69) is 0 Å². The van der Waals surface area contributed by atoms with E-state index < -0.39 is 18.3 Å². The Kier molecular flexibility index (Phi) is 4.73. The maximum Gasteiger partial charge on any atom is 0.257 e. The number of phenolic OH excluding ortho intramolecular Hbond substituents is 1. The van der Waals surface area contributed by atoms with Gasteiger partial charge in [0.15, 0.2) is 0 Å². The van der Waals surface area contributed by atoms with Crippen LogP contribution in [0.25, 0.3) is 0 Å². The summed E-state index contributed by atoms with van der Waals surface area (Å²) in [5.41, 5.74) is 4.72. The van der Waals surface area contributed by atoms with E-state index >= 15 is 0 Å². The van der Waals surface area contributed by atoms with Crippen molar-refractivity contribution in [1.82, 2.24) is 0 Å². The minimum Gasteiger partial charge on any atom is -0.508 e. The van der Waals surface area contributed by atoms with Crippen molar-refractivity contribution in [3.05, 3.63) is 29.6 Å². The average Bonchev–Trinajstić information content (AvgIpc) is 2.03. The highest BCUT2D eigenvalue weighted by Crippen LogP contribution is 2.23. The number of aromatic hydroxyl groups is 1. The summed E-state index contributed by atoms with van der Waals surface area (Å²) in [6.45, 7) is 0. The predicted molar refractivity (Wildman–Crippen MR) is 48.2 cm³/mol. The maximum atomic E-state index is 12.9. The average molecular weight is 228 g/mol. The molecule has 0 aliphatic heterocycles. The van der Waals surface area contributed by atoms with Gasteiger partial charge in [-0.15, -0.1) is 12.4 Å². The standard InChI is InChI=1S/C8H8F3NO.ClH/c9-6-3-4(13)1-2-5(6)7(12)8(10)11;/h1-3,7-8,13H,12H2;1H/t7-;/m0./s1.